The maximum Gasteiger partial charge on any atom is 0.221 e. The van der Waals surface area contributed by atoms with Crippen molar-refractivity contribution in [1.29, 1.82) is 0 Å². The van der Waals surface area contributed by atoms with E-state index in [9.17, 15) is 4.79 Å². The van der Waals surface area contributed by atoms with Crippen LogP contribution in [0.4, 0.5) is 5.00 Å². The number of hydrogen-bond acceptors (Lipinski definition) is 5. The van der Waals surface area contributed by atoms with Gasteiger partial charge in [-0.2, -0.15) is 5.10 Å². The summed E-state index contributed by atoms with van der Waals surface area (Å²) in [5.41, 5.74) is 1.95. The highest BCUT2D eigenvalue weighted by Crippen LogP contribution is 2.40. The molecule has 1 amide bonds. The van der Waals surface area contributed by atoms with E-state index in [0.717, 1.165) is 21.0 Å². The highest BCUT2D eigenvalue weighted by Gasteiger charge is 2.18. The van der Waals surface area contributed by atoms with Crippen molar-refractivity contribution >= 4 is 34.5 Å². The van der Waals surface area contributed by atoms with Crippen molar-refractivity contribution in [2.75, 3.05) is 11.2 Å². The maximum atomic E-state index is 11.3. The molecule has 2 aromatic heterocycles. The number of hydrogen-bond donors (Lipinski definition) is 3. The van der Waals surface area contributed by atoms with Gasteiger partial charge in [-0.15, -0.1) is 11.3 Å². The summed E-state index contributed by atoms with van der Waals surface area (Å²) in [5.74, 6) is 6.34. The highest BCUT2D eigenvalue weighted by molar-refractivity contribution is 7.71. The van der Waals surface area contributed by atoms with Gasteiger partial charge in [0.25, 0.3) is 0 Å². The first-order valence-electron chi connectivity index (χ1n) is 6.46. The Morgan fingerprint density at radius 1 is 1.41 bits per heavy atom. The van der Waals surface area contributed by atoms with Gasteiger partial charge in [-0.25, -0.2) is 9.77 Å². The minimum Gasteiger partial charge on any atom is -0.335 e. The average Bonchev–Trinajstić information content (AvgIpc) is 3.04. The normalized spacial score (nSPS) is 10.6. The summed E-state index contributed by atoms with van der Waals surface area (Å²) in [7, 11) is 0. The minimum atomic E-state index is -0.126. The number of carbonyl (C=O) groups excluding carboxylic acids is 1. The van der Waals surface area contributed by atoms with Crippen molar-refractivity contribution in [3.63, 3.8) is 0 Å². The van der Waals surface area contributed by atoms with Crippen LogP contribution >= 0.6 is 23.6 Å². The van der Waals surface area contributed by atoms with Gasteiger partial charge < -0.3 is 11.2 Å². The Bertz CT molecular complexity index is 878. The van der Waals surface area contributed by atoms with E-state index in [2.05, 4.69) is 15.5 Å². The monoisotopic (exact) mass is 331 g/mol. The molecule has 0 aliphatic heterocycles. The largest absolute Gasteiger partial charge is 0.335 e. The number of benzene rings is 1. The van der Waals surface area contributed by atoms with Crippen LogP contribution in [0, 0.1) is 4.77 Å². The zero-order valence-electron chi connectivity index (χ0n) is 11.7. The number of aromatic nitrogens is 3. The first-order chi connectivity index (χ1) is 10.6. The van der Waals surface area contributed by atoms with E-state index in [1.165, 1.54) is 22.9 Å². The average molecular weight is 331 g/mol. The Hall–Kier alpha value is -2.45. The number of anilines is 1. The predicted molar refractivity (Wildman–Crippen MR) is 90.6 cm³/mol. The van der Waals surface area contributed by atoms with E-state index in [1.54, 1.807) is 0 Å². The fourth-order valence-corrected chi connectivity index (χ4v) is 3.33. The van der Waals surface area contributed by atoms with Crippen LogP contribution in [0.3, 0.4) is 0 Å². The van der Waals surface area contributed by atoms with Crippen LogP contribution in [-0.2, 0) is 4.79 Å². The van der Waals surface area contributed by atoms with E-state index in [1.807, 2.05) is 36.4 Å². The number of carbonyl (C=O) groups is 1. The highest BCUT2D eigenvalue weighted by atomic mass is 32.1. The molecule has 3 rings (SSSR count). The second-order valence-electron chi connectivity index (χ2n) is 4.62. The van der Waals surface area contributed by atoms with Crippen LogP contribution in [0.2, 0.25) is 0 Å². The number of nitrogen functional groups attached to an aromatic ring is 1. The van der Waals surface area contributed by atoms with Crippen molar-refractivity contribution in [2.45, 2.75) is 6.92 Å². The molecule has 0 saturated heterocycles. The summed E-state index contributed by atoms with van der Waals surface area (Å²) < 4.78 is 1.66. The lowest BCUT2D eigenvalue weighted by atomic mass is 10.1. The Kier molecular flexibility index (Phi) is 3.78. The van der Waals surface area contributed by atoms with E-state index in [4.69, 9.17) is 18.1 Å². The summed E-state index contributed by atoms with van der Waals surface area (Å²) in [4.78, 5) is 12.1. The molecule has 0 aliphatic carbocycles. The Labute approximate surface area is 135 Å². The molecule has 0 fully saturated rings. The molecule has 0 spiro atoms. The van der Waals surface area contributed by atoms with Crippen molar-refractivity contribution in [3.8, 4) is 21.8 Å². The van der Waals surface area contributed by atoms with Crippen molar-refractivity contribution < 1.29 is 4.79 Å². The third-order valence-corrected chi connectivity index (χ3v) is 4.36. The lowest BCUT2D eigenvalue weighted by molar-refractivity contribution is -0.114. The number of aromatic amines is 1. The molecule has 0 saturated carbocycles. The molecule has 4 N–H and O–H groups in total. The van der Waals surface area contributed by atoms with Gasteiger partial charge in [-0.05, 0) is 23.8 Å². The number of nitrogens with zero attached hydrogens (tertiary/aromatic N) is 2. The second-order valence-corrected chi connectivity index (χ2v) is 6.06. The van der Waals surface area contributed by atoms with Crippen molar-refractivity contribution in [2.24, 2.45) is 0 Å². The smallest absolute Gasteiger partial charge is 0.221 e. The molecule has 0 bridgehead atoms. The molecule has 0 radical (unpaired) electrons. The van der Waals surface area contributed by atoms with Gasteiger partial charge in [0.1, 0.15) is 0 Å². The first-order valence-corrected chi connectivity index (χ1v) is 7.68. The standard InChI is InChI=1S/C14H13N5OS2/c1-8(20)16-11-7-10(9-5-3-2-4-6-9)12(22-11)13-17-18-14(21)19(13)15/h2-7H,15H2,1H3,(H,16,20)(H,18,21). The Balaban J connectivity index is 2.19. The maximum absolute atomic E-state index is 11.3. The van der Waals surface area contributed by atoms with Gasteiger partial charge in [-0.1, -0.05) is 30.3 Å². The van der Waals surface area contributed by atoms with Crippen LogP contribution < -0.4 is 11.2 Å². The summed E-state index contributed by atoms with van der Waals surface area (Å²) in [6, 6.07) is 11.7. The zero-order valence-corrected chi connectivity index (χ0v) is 13.3. The topological polar surface area (TPSA) is 88.7 Å². The van der Waals surface area contributed by atoms with Gasteiger partial charge in [0.05, 0.1) is 9.88 Å². The molecule has 22 heavy (non-hydrogen) atoms. The zero-order chi connectivity index (χ0) is 15.7. The van der Waals surface area contributed by atoms with Crippen LogP contribution in [0.15, 0.2) is 36.4 Å². The van der Waals surface area contributed by atoms with E-state index >= 15 is 0 Å². The number of amides is 1. The summed E-state index contributed by atoms with van der Waals surface area (Å²) in [6.07, 6.45) is 0. The third-order valence-electron chi connectivity index (χ3n) is 3.02. The molecule has 112 valence electrons. The first kappa shape index (κ1) is 14.5. The lowest BCUT2D eigenvalue weighted by Gasteiger charge is -2.02. The second kappa shape index (κ2) is 5.74. The van der Waals surface area contributed by atoms with Crippen LogP contribution in [0.25, 0.3) is 21.8 Å². The molecular weight excluding hydrogens is 318 g/mol. The molecule has 6 nitrogen and oxygen atoms in total. The van der Waals surface area contributed by atoms with Crippen molar-refractivity contribution in [1.82, 2.24) is 14.9 Å². The number of nitrogens with one attached hydrogen (secondary N) is 2. The summed E-state index contributed by atoms with van der Waals surface area (Å²) >= 11 is 6.47. The molecule has 8 heteroatoms. The van der Waals surface area contributed by atoms with Gasteiger partial charge in [0.2, 0.25) is 10.7 Å². The molecule has 1 aromatic carbocycles. The van der Waals surface area contributed by atoms with Gasteiger partial charge >= 0.3 is 0 Å². The summed E-state index contributed by atoms with van der Waals surface area (Å²) in [5, 5.41) is 10.4. The van der Waals surface area contributed by atoms with E-state index in [0.29, 0.717) is 10.6 Å². The molecule has 3 aromatic rings. The molecule has 0 unspecified atom stereocenters. The Morgan fingerprint density at radius 2 is 2.14 bits per heavy atom. The quantitative estimate of drug-likeness (QED) is 0.508. The van der Waals surface area contributed by atoms with E-state index < -0.39 is 0 Å². The third kappa shape index (κ3) is 2.66. The van der Waals surface area contributed by atoms with Gasteiger partial charge in [0.15, 0.2) is 5.82 Å². The molecular formula is C14H13N5OS2. The number of H-pyrrole nitrogens is 1. The van der Waals surface area contributed by atoms with Crippen molar-refractivity contribution in [3.05, 3.63) is 41.2 Å². The van der Waals surface area contributed by atoms with Crippen LogP contribution in [0.1, 0.15) is 6.92 Å². The number of rotatable bonds is 3. The van der Waals surface area contributed by atoms with Crippen LogP contribution in [-0.4, -0.2) is 20.8 Å². The van der Waals surface area contributed by atoms with Gasteiger partial charge in [0, 0.05) is 12.5 Å². The lowest BCUT2D eigenvalue weighted by Crippen LogP contribution is -2.09. The molecule has 0 atom stereocenters. The number of thiophene rings is 1. The fraction of sp³-hybridized carbons (Fsp3) is 0.0714. The van der Waals surface area contributed by atoms with E-state index in [-0.39, 0.29) is 5.91 Å². The minimum absolute atomic E-state index is 0.126. The molecule has 0 aliphatic rings. The SMILES string of the molecule is CC(=O)Nc1cc(-c2ccccc2)c(-c2n[nH]c(=S)n2N)s1. The van der Waals surface area contributed by atoms with Gasteiger partial charge in [-0.3, -0.25) is 4.79 Å². The Morgan fingerprint density at radius 3 is 2.73 bits per heavy atom. The fourth-order valence-electron chi connectivity index (χ4n) is 2.09. The summed E-state index contributed by atoms with van der Waals surface area (Å²) in [6.45, 7) is 1.47. The van der Waals surface area contributed by atoms with Crippen LogP contribution in [0.5, 0.6) is 0 Å². The predicted octanol–water partition coefficient (Wildman–Crippen LogP) is 3.01. The molecule has 2 heterocycles. The number of nitrogens with two attached hydrogens (primary N) is 1.